The number of carbonyl (C=O) groups is 1. The molecule has 1 amide bonds. The van der Waals surface area contributed by atoms with Crippen LogP contribution >= 0.6 is 0 Å². The molecule has 20 heavy (non-hydrogen) atoms. The molecule has 0 saturated carbocycles. The fraction of sp³-hybridized carbons (Fsp3) is 0.733. The van der Waals surface area contributed by atoms with Crippen LogP contribution < -0.4 is 5.32 Å². The van der Waals surface area contributed by atoms with Gasteiger partial charge in [0.2, 0.25) is 5.91 Å². The molecule has 0 aromatic carbocycles. The molecule has 0 spiro atoms. The van der Waals surface area contributed by atoms with Crippen molar-refractivity contribution < 1.29 is 9.53 Å². The van der Waals surface area contributed by atoms with Gasteiger partial charge in [-0.25, -0.2) is 4.98 Å². The van der Waals surface area contributed by atoms with E-state index in [-0.39, 0.29) is 11.9 Å². The molecule has 1 aromatic heterocycles. The molecular weight excluding hydrogens is 254 g/mol. The fourth-order valence-corrected chi connectivity index (χ4v) is 3.11. The minimum Gasteiger partial charge on any atom is -0.378 e. The monoisotopic (exact) mass is 277 g/mol. The van der Waals surface area contributed by atoms with Crippen molar-refractivity contribution in [3.8, 4) is 0 Å². The van der Waals surface area contributed by atoms with Crippen LogP contribution in [-0.2, 0) is 22.5 Å². The van der Waals surface area contributed by atoms with Crippen molar-refractivity contribution in [2.75, 3.05) is 6.61 Å². The van der Waals surface area contributed by atoms with Crippen molar-refractivity contribution in [2.45, 2.75) is 63.6 Å². The number of rotatable bonds is 4. The molecule has 1 aromatic rings. The van der Waals surface area contributed by atoms with Crippen molar-refractivity contribution in [3.05, 3.63) is 18.2 Å². The maximum Gasteiger partial charge on any atom is 0.220 e. The first-order valence-electron chi connectivity index (χ1n) is 7.72. The molecule has 1 fully saturated rings. The minimum atomic E-state index is 0.160. The van der Waals surface area contributed by atoms with E-state index in [0.29, 0.717) is 12.5 Å². The third-order valence-corrected chi connectivity index (χ3v) is 4.27. The van der Waals surface area contributed by atoms with E-state index in [9.17, 15) is 4.79 Å². The van der Waals surface area contributed by atoms with E-state index in [4.69, 9.17) is 4.74 Å². The van der Waals surface area contributed by atoms with Gasteiger partial charge in [0, 0.05) is 44.4 Å². The Labute approximate surface area is 119 Å². The van der Waals surface area contributed by atoms with Crippen LogP contribution in [0.5, 0.6) is 0 Å². The molecule has 0 radical (unpaired) electrons. The lowest BCUT2D eigenvalue weighted by atomic mass is 10.0. The summed E-state index contributed by atoms with van der Waals surface area (Å²) >= 11 is 0. The third-order valence-electron chi connectivity index (χ3n) is 4.27. The van der Waals surface area contributed by atoms with Gasteiger partial charge in [0.25, 0.3) is 0 Å². The van der Waals surface area contributed by atoms with Gasteiger partial charge in [-0.3, -0.25) is 4.79 Å². The lowest BCUT2D eigenvalue weighted by Crippen LogP contribution is -2.41. The van der Waals surface area contributed by atoms with Gasteiger partial charge < -0.3 is 14.6 Å². The summed E-state index contributed by atoms with van der Waals surface area (Å²) in [6.07, 6.45) is 11.0. The Morgan fingerprint density at radius 3 is 3.25 bits per heavy atom. The second kappa shape index (κ2) is 6.39. The number of amides is 1. The van der Waals surface area contributed by atoms with E-state index in [2.05, 4.69) is 14.9 Å². The molecule has 5 nitrogen and oxygen atoms in total. The quantitative estimate of drug-likeness (QED) is 0.910. The Morgan fingerprint density at radius 1 is 1.45 bits per heavy atom. The summed E-state index contributed by atoms with van der Waals surface area (Å²) in [7, 11) is 0. The van der Waals surface area contributed by atoms with E-state index in [1.807, 2.05) is 12.4 Å². The van der Waals surface area contributed by atoms with Crippen LogP contribution in [0.25, 0.3) is 0 Å². The van der Waals surface area contributed by atoms with Crippen LogP contribution in [0.3, 0.4) is 0 Å². The van der Waals surface area contributed by atoms with Crippen LogP contribution in [0.15, 0.2) is 12.4 Å². The lowest BCUT2D eigenvalue weighted by Gasteiger charge is -2.26. The number of nitrogens with one attached hydrogen (secondary N) is 1. The molecule has 0 unspecified atom stereocenters. The number of aromatic nitrogens is 2. The van der Waals surface area contributed by atoms with Crippen molar-refractivity contribution in [3.63, 3.8) is 0 Å². The number of imidazole rings is 1. The zero-order chi connectivity index (χ0) is 13.8. The molecule has 110 valence electrons. The Bertz CT molecular complexity index is 452. The Morgan fingerprint density at radius 2 is 2.40 bits per heavy atom. The molecule has 3 rings (SSSR count). The first-order chi connectivity index (χ1) is 9.81. The number of nitrogens with zero attached hydrogens (tertiary/aromatic N) is 2. The highest BCUT2D eigenvalue weighted by Crippen LogP contribution is 2.17. The van der Waals surface area contributed by atoms with Gasteiger partial charge in [-0.2, -0.15) is 0 Å². The number of ether oxygens (including phenoxy) is 1. The molecule has 2 aliphatic heterocycles. The topological polar surface area (TPSA) is 56.1 Å². The second-order valence-electron chi connectivity index (χ2n) is 5.83. The zero-order valence-corrected chi connectivity index (χ0v) is 11.9. The molecule has 2 atom stereocenters. The van der Waals surface area contributed by atoms with Crippen molar-refractivity contribution in [2.24, 2.45) is 0 Å². The zero-order valence-electron chi connectivity index (χ0n) is 11.9. The first-order valence-corrected chi connectivity index (χ1v) is 7.72. The molecule has 0 bridgehead atoms. The number of hydrogen-bond acceptors (Lipinski definition) is 3. The van der Waals surface area contributed by atoms with Crippen LogP contribution in [0, 0.1) is 0 Å². The molecule has 1 N–H and O–H groups in total. The summed E-state index contributed by atoms with van der Waals surface area (Å²) < 4.78 is 7.80. The summed E-state index contributed by atoms with van der Waals surface area (Å²) in [6, 6.07) is 0.247. The van der Waals surface area contributed by atoms with E-state index in [1.165, 1.54) is 6.42 Å². The maximum atomic E-state index is 12.0. The second-order valence-corrected chi connectivity index (χ2v) is 5.83. The van der Waals surface area contributed by atoms with E-state index in [0.717, 1.165) is 51.1 Å². The lowest BCUT2D eigenvalue weighted by molar-refractivity contribution is -0.123. The molecule has 2 aliphatic rings. The summed E-state index contributed by atoms with van der Waals surface area (Å²) in [4.78, 5) is 16.3. The summed E-state index contributed by atoms with van der Waals surface area (Å²) in [5, 5.41) is 3.15. The highest BCUT2D eigenvalue weighted by Gasteiger charge is 2.21. The smallest absolute Gasteiger partial charge is 0.220 e. The Balaban J connectivity index is 1.41. The predicted octanol–water partition coefficient (Wildman–Crippen LogP) is 1.66. The number of fused-ring (bicyclic) bond motifs is 1. The van der Waals surface area contributed by atoms with Gasteiger partial charge in [-0.1, -0.05) is 0 Å². The van der Waals surface area contributed by atoms with E-state index >= 15 is 0 Å². The molecular formula is C15H23N3O2. The predicted molar refractivity (Wildman–Crippen MR) is 75.3 cm³/mol. The highest BCUT2D eigenvalue weighted by atomic mass is 16.5. The number of aryl methyl sites for hydroxylation is 1. The van der Waals surface area contributed by atoms with Gasteiger partial charge in [-0.05, 0) is 32.1 Å². The van der Waals surface area contributed by atoms with Crippen LogP contribution in [-0.4, -0.2) is 34.2 Å². The summed E-state index contributed by atoms with van der Waals surface area (Å²) in [5.74, 6) is 1.29. The van der Waals surface area contributed by atoms with Crippen molar-refractivity contribution in [1.29, 1.82) is 0 Å². The maximum absolute atomic E-state index is 12.0. The van der Waals surface area contributed by atoms with Crippen LogP contribution in [0.4, 0.5) is 0 Å². The SMILES string of the molecule is O=C(CC[C@H]1CCCCO1)N[C@@H]1CCc2nccn2C1. The third kappa shape index (κ3) is 3.39. The fourth-order valence-electron chi connectivity index (χ4n) is 3.11. The number of carbonyl (C=O) groups excluding carboxylic acids is 1. The van der Waals surface area contributed by atoms with Crippen molar-refractivity contribution >= 4 is 5.91 Å². The van der Waals surface area contributed by atoms with Gasteiger partial charge in [0.05, 0.1) is 6.10 Å². The average molecular weight is 277 g/mol. The Kier molecular flexibility index (Phi) is 4.35. The Hall–Kier alpha value is -1.36. The van der Waals surface area contributed by atoms with E-state index in [1.54, 1.807) is 0 Å². The minimum absolute atomic E-state index is 0.160. The molecule has 3 heterocycles. The van der Waals surface area contributed by atoms with Crippen molar-refractivity contribution in [1.82, 2.24) is 14.9 Å². The van der Waals surface area contributed by atoms with E-state index < -0.39 is 0 Å². The standard InChI is InChI=1S/C15H23N3O2/c19-15(7-5-13-3-1-2-10-20-13)17-12-4-6-14-16-8-9-18(14)11-12/h8-9,12-13H,1-7,10-11H2,(H,17,19)/t12-,13-/m1/s1. The van der Waals surface area contributed by atoms with Crippen LogP contribution in [0.2, 0.25) is 0 Å². The van der Waals surface area contributed by atoms with Gasteiger partial charge >= 0.3 is 0 Å². The van der Waals surface area contributed by atoms with Gasteiger partial charge in [0.15, 0.2) is 0 Å². The largest absolute Gasteiger partial charge is 0.378 e. The molecule has 0 aliphatic carbocycles. The summed E-state index contributed by atoms with van der Waals surface area (Å²) in [5.41, 5.74) is 0. The first kappa shape index (κ1) is 13.6. The average Bonchev–Trinajstić information content (AvgIpc) is 2.94. The van der Waals surface area contributed by atoms with Gasteiger partial charge in [-0.15, -0.1) is 0 Å². The normalized spacial score (nSPS) is 26.0. The summed E-state index contributed by atoms with van der Waals surface area (Å²) in [6.45, 7) is 1.71. The van der Waals surface area contributed by atoms with Crippen LogP contribution in [0.1, 0.15) is 44.3 Å². The molecule has 1 saturated heterocycles. The molecule has 5 heteroatoms. The number of hydrogen-bond donors (Lipinski definition) is 1. The van der Waals surface area contributed by atoms with Gasteiger partial charge in [0.1, 0.15) is 5.82 Å². The highest BCUT2D eigenvalue weighted by molar-refractivity contribution is 5.76.